The molecule has 0 saturated carbocycles. The second kappa shape index (κ2) is 3.08. The third kappa shape index (κ3) is 1.54. The fourth-order valence-electron chi connectivity index (χ4n) is 1.16. The standard InChI is InChI=1S/C7H10FNO3/c1-4(10)9-2-5(3-9)6(8)7(11)12/h5-6H,2-3H2,1H3,(H,11,12). The van der Waals surface area contributed by atoms with E-state index in [9.17, 15) is 14.0 Å². The van der Waals surface area contributed by atoms with Gasteiger partial charge in [0.15, 0.2) is 0 Å². The van der Waals surface area contributed by atoms with Crippen molar-refractivity contribution in [1.29, 1.82) is 0 Å². The SMILES string of the molecule is CC(=O)N1CC(C(F)C(=O)O)C1. The Morgan fingerprint density at radius 1 is 1.58 bits per heavy atom. The summed E-state index contributed by atoms with van der Waals surface area (Å²) in [6.45, 7) is 1.83. The van der Waals surface area contributed by atoms with Crippen LogP contribution in [-0.4, -0.2) is 41.1 Å². The van der Waals surface area contributed by atoms with Gasteiger partial charge in [-0.25, -0.2) is 9.18 Å². The molecule has 12 heavy (non-hydrogen) atoms. The maximum absolute atomic E-state index is 12.7. The average Bonchev–Trinajstić information content (AvgIpc) is 1.82. The number of rotatable bonds is 2. The minimum atomic E-state index is -1.83. The molecule has 1 N–H and O–H groups in total. The average molecular weight is 175 g/mol. The molecule has 0 radical (unpaired) electrons. The van der Waals surface area contributed by atoms with Gasteiger partial charge in [0.25, 0.3) is 0 Å². The number of hydrogen-bond acceptors (Lipinski definition) is 2. The number of carbonyl (C=O) groups excluding carboxylic acids is 1. The van der Waals surface area contributed by atoms with Crippen LogP contribution in [0, 0.1) is 5.92 Å². The molecule has 0 aromatic rings. The fourth-order valence-corrected chi connectivity index (χ4v) is 1.16. The van der Waals surface area contributed by atoms with Crippen LogP contribution in [0.4, 0.5) is 4.39 Å². The van der Waals surface area contributed by atoms with Crippen LogP contribution >= 0.6 is 0 Å². The van der Waals surface area contributed by atoms with Gasteiger partial charge in [-0.05, 0) is 0 Å². The highest BCUT2D eigenvalue weighted by Gasteiger charge is 2.38. The van der Waals surface area contributed by atoms with Crippen molar-refractivity contribution in [3.8, 4) is 0 Å². The molecule has 5 heteroatoms. The predicted octanol–water partition coefficient (Wildman–Crippen LogP) is -0.113. The lowest BCUT2D eigenvalue weighted by molar-refractivity contribution is -0.151. The number of likely N-dealkylation sites (tertiary alicyclic amines) is 1. The molecule has 0 aromatic heterocycles. The number of hydrogen-bond donors (Lipinski definition) is 1. The van der Waals surface area contributed by atoms with Gasteiger partial charge in [-0.3, -0.25) is 4.79 Å². The molecule has 4 nitrogen and oxygen atoms in total. The predicted molar refractivity (Wildman–Crippen MR) is 38.3 cm³/mol. The smallest absolute Gasteiger partial charge is 0.338 e. The van der Waals surface area contributed by atoms with E-state index in [4.69, 9.17) is 5.11 Å². The van der Waals surface area contributed by atoms with Gasteiger partial charge in [0.1, 0.15) is 0 Å². The third-order valence-corrected chi connectivity index (χ3v) is 2.00. The Labute approximate surface area is 69.0 Å². The van der Waals surface area contributed by atoms with Crippen LogP contribution in [0.3, 0.4) is 0 Å². The van der Waals surface area contributed by atoms with Crippen LogP contribution in [0.5, 0.6) is 0 Å². The van der Waals surface area contributed by atoms with E-state index in [1.165, 1.54) is 11.8 Å². The summed E-state index contributed by atoms with van der Waals surface area (Å²) < 4.78 is 12.7. The first-order valence-corrected chi connectivity index (χ1v) is 3.64. The van der Waals surface area contributed by atoms with E-state index in [1.54, 1.807) is 0 Å². The Hall–Kier alpha value is -1.13. The second-order valence-electron chi connectivity index (χ2n) is 2.92. The highest BCUT2D eigenvalue weighted by Crippen LogP contribution is 2.21. The van der Waals surface area contributed by atoms with Crippen LogP contribution in [-0.2, 0) is 9.59 Å². The summed E-state index contributed by atoms with van der Waals surface area (Å²) in [5.41, 5.74) is 0. The monoisotopic (exact) mass is 175 g/mol. The van der Waals surface area contributed by atoms with Crippen LogP contribution in [0.1, 0.15) is 6.92 Å². The van der Waals surface area contributed by atoms with Gasteiger partial charge in [0.2, 0.25) is 12.1 Å². The first kappa shape index (κ1) is 8.96. The molecular formula is C7H10FNO3. The summed E-state index contributed by atoms with van der Waals surface area (Å²) in [5.74, 6) is -2.10. The molecule has 1 heterocycles. The first-order valence-electron chi connectivity index (χ1n) is 3.64. The third-order valence-electron chi connectivity index (χ3n) is 2.00. The quantitative estimate of drug-likeness (QED) is 0.637. The molecule has 0 aromatic carbocycles. The number of carboxylic acids is 1. The normalized spacial score (nSPS) is 20.0. The summed E-state index contributed by atoms with van der Waals surface area (Å²) in [6.07, 6.45) is -1.83. The molecule has 68 valence electrons. The first-order chi connectivity index (χ1) is 5.52. The zero-order valence-electron chi connectivity index (χ0n) is 6.66. The molecule has 1 fully saturated rings. The van der Waals surface area contributed by atoms with E-state index in [0.29, 0.717) is 0 Å². The molecule has 0 aliphatic carbocycles. The molecule has 0 bridgehead atoms. The second-order valence-corrected chi connectivity index (χ2v) is 2.92. The Balaban J connectivity index is 2.34. The zero-order chi connectivity index (χ0) is 9.30. The van der Waals surface area contributed by atoms with E-state index >= 15 is 0 Å². The zero-order valence-corrected chi connectivity index (χ0v) is 6.66. The molecule has 1 aliphatic heterocycles. The van der Waals surface area contributed by atoms with Gasteiger partial charge < -0.3 is 10.0 Å². The Morgan fingerprint density at radius 3 is 2.42 bits per heavy atom. The molecular weight excluding hydrogens is 165 g/mol. The summed E-state index contributed by atoms with van der Waals surface area (Å²) in [4.78, 5) is 22.2. The molecule has 1 saturated heterocycles. The Morgan fingerprint density at radius 2 is 2.08 bits per heavy atom. The van der Waals surface area contributed by atoms with Crippen molar-refractivity contribution in [2.45, 2.75) is 13.1 Å². The van der Waals surface area contributed by atoms with Crippen molar-refractivity contribution in [3.63, 3.8) is 0 Å². The molecule has 0 spiro atoms. The highest BCUT2D eigenvalue weighted by molar-refractivity contribution is 5.76. The summed E-state index contributed by atoms with van der Waals surface area (Å²) in [6, 6.07) is 0. The van der Waals surface area contributed by atoms with Crippen molar-refractivity contribution in [2.24, 2.45) is 5.92 Å². The van der Waals surface area contributed by atoms with Gasteiger partial charge in [0, 0.05) is 25.9 Å². The van der Waals surface area contributed by atoms with Crippen molar-refractivity contribution >= 4 is 11.9 Å². The Bertz CT molecular complexity index is 213. The van der Waals surface area contributed by atoms with Gasteiger partial charge in [-0.2, -0.15) is 0 Å². The minimum absolute atomic E-state index is 0.135. The lowest BCUT2D eigenvalue weighted by atomic mass is 9.95. The fraction of sp³-hybridized carbons (Fsp3) is 0.714. The van der Waals surface area contributed by atoms with Crippen LogP contribution < -0.4 is 0 Å². The van der Waals surface area contributed by atoms with Gasteiger partial charge in [0.05, 0.1) is 0 Å². The van der Waals surface area contributed by atoms with E-state index in [1.807, 2.05) is 0 Å². The number of aliphatic carboxylic acids is 1. The van der Waals surface area contributed by atoms with Gasteiger partial charge >= 0.3 is 5.97 Å². The van der Waals surface area contributed by atoms with Crippen molar-refractivity contribution < 1.29 is 19.1 Å². The summed E-state index contributed by atoms with van der Waals surface area (Å²) >= 11 is 0. The minimum Gasteiger partial charge on any atom is -0.479 e. The molecule has 1 rings (SSSR count). The van der Waals surface area contributed by atoms with Crippen LogP contribution in [0.2, 0.25) is 0 Å². The number of nitrogens with zero attached hydrogens (tertiary/aromatic N) is 1. The molecule has 1 unspecified atom stereocenters. The van der Waals surface area contributed by atoms with E-state index < -0.39 is 18.1 Å². The number of alkyl halides is 1. The Kier molecular flexibility index (Phi) is 2.30. The summed E-state index contributed by atoms with van der Waals surface area (Å²) in [5, 5.41) is 8.26. The van der Waals surface area contributed by atoms with Crippen molar-refractivity contribution in [2.75, 3.05) is 13.1 Å². The number of carbonyl (C=O) groups is 2. The number of halogens is 1. The van der Waals surface area contributed by atoms with Gasteiger partial charge in [-0.15, -0.1) is 0 Å². The number of carboxylic acid groups (broad SMARTS) is 1. The maximum Gasteiger partial charge on any atom is 0.338 e. The van der Waals surface area contributed by atoms with E-state index in [0.717, 1.165) is 0 Å². The lowest BCUT2D eigenvalue weighted by Crippen LogP contribution is -2.54. The molecule has 1 atom stereocenters. The van der Waals surface area contributed by atoms with E-state index in [-0.39, 0.29) is 19.0 Å². The molecule has 1 aliphatic rings. The van der Waals surface area contributed by atoms with Crippen LogP contribution in [0.15, 0.2) is 0 Å². The van der Waals surface area contributed by atoms with Gasteiger partial charge in [-0.1, -0.05) is 0 Å². The topological polar surface area (TPSA) is 57.6 Å². The lowest BCUT2D eigenvalue weighted by Gasteiger charge is -2.38. The van der Waals surface area contributed by atoms with Crippen LogP contribution in [0.25, 0.3) is 0 Å². The molecule has 1 amide bonds. The summed E-state index contributed by atoms with van der Waals surface area (Å²) in [7, 11) is 0. The maximum atomic E-state index is 12.7. The van der Waals surface area contributed by atoms with E-state index in [2.05, 4.69) is 0 Å². The van der Waals surface area contributed by atoms with Crippen molar-refractivity contribution in [1.82, 2.24) is 4.90 Å². The number of amides is 1. The largest absolute Gasteiger partial charge is 0.479 e. The van der Waals surface area contributed by atoms with Crippen molar-refractivity contribution in [3.05, 3.63) is 0 Å². The highest BCUT2D eigenvalue weighted by atomic mass is 19.1.